The van der Waals surface area contributed by atoms with Crippen LogP contribution in [-0.2, 0) is 25.0 Å². The summed E-state index contributed by atoms with van der Waals surface area (Å²) in [4.78, 5) is 31.5. The molecule has 3 aromatic carbocycles. The number of nitrogens with zero attached hydrogens (tertiary/aromatic N) is 6. The highest BCUT2D eigenvalue weighted by atomic mass is 32.2. The van der Waals surface area contributed by atoms with Crippen LogP contribution in [0.25, 0.3) is 10.4 Å². The number of carbonyl (C=O) groups is 2. The molecule has 0 saturated carbocycles. The minimum Gasteiger partial charge on any atom is -0.494 e. The summed E-state index contributed by atoms with van der Waals surface area (Å²) in [5.41, 5.74) is 6.95. The summed E-state index contributed by atoms with van der Waals surface area (Å²) in [5.74, 6) is -1.51. The Bertz CT molecular complexity index is 1790. The Kier molecular flexibility index (Phi) is 7.05. The first-order valence-electron chi connectivity index (χ1n) is 13.9. The number of aliphatic hydroxyl groups is 2. The van der Waals surface area contributed by atoms with Crippen LogP contribution in [0.1, 0.15) is 29.5 Å². The van der Waals surface area contributed by atoms with Gasteiger partial charge in [0.2, 0.25) is 12.0 Å². The normalized spacial score (nSPS) is 25.8. The molecule has 0 unspecified atom stereocenters. The van der Waals surface area contributed by atoms with E-state index in [2.05, 4.69) is 10.0 Å². The zero-order valence-corrected chi connectivity index (χ0v) is 24.8. The minimum absolute atomic E-state index is 0.114. The summed E-state index contributed by atoms with van der Waals surface area (Å²) >= 11 is 0. The molecular weight excluding hydrogens is 588 g/mol. The lowest BCUT2D eigenvalue weighted by Gasteiger charge is -2.46. The highest BCUT2D eigenvalue weighted by molar-refractivity contribution is 7.92. The van der Waals surface area contributed by atoms with E-state index in [0.717, 1.165) is 19.7 Å². The van der Waals surface area contributed by atoms with Gasteiger partial charge in [-0.15, -0.1) is 0 Å². The van der Waals surface area contributed by atoms with Gasteiger partial charge in [-0.05, 0) is 60.3 Å². The lowest BCUT2D eigenvalue weighted by Crippen LogP contribution is -2.71. The van der Waals surface area contributed by atoms with Gasteiger partial charge in [0.1, 0.15) is 11.9 Å². The fourth-order valence-electron chi connectivity index (χ4n) is 6.58. The summed E-state index contributed by atoms with van der Waals surface area (Å²) in [6.07, 6.45) is -3.19. The Morgan fingerprint density at radius 2 is 1.75 bits per heavy atom. The molecule has 0 spiro atoms. The van der Waals surface area contributed by atoms with Crippen molar-refractivity contribution in [2.45, 2.75) is 48.2 Å². The molecule has 2 fully saturated rings. The van der Waals surface area contributed by atoms with E-state index in [1.54, 1.807) is 36.4 Å². The van der Waals surface area contributed by atoms with Crippen LogP contribution in [0.2, 0.25) is 0 Å². The number of aliphatic hydroxyl groups excluding tert-OH is 1. The van der Waals surface area contributed by atoms with Gasteiger partial charge in [0, 0.05) is 24.9 Å². The molecule has 0 aromatic heterocycles. The van der Waals surface area contributed by atoms with Gasteiger partial charge in [-0.2, -0.15) is 0 Å². The number of aryl methyl sites for hydroxylation is 1. The molecule has 0 bridgehead atoms. The number of amides is 2. The largest absolute Gasteiger partial charge is 0.494 e. The number of hydrogen-bond donors (Lipinski definition) is 2. The Balaban J connectivity index is 1.51. The number of para-hydroxylation sites is 1. The molecule has 3 aromatic rings. The van der Waals surface area contributed by atoms with E-state index >= 15 is 0 Å². The third-order valence-corrected chi connectivity index (χ3v) is 10.4. The average molecular weight is 619 g/mol. The van der Waals surface area contributed by atoms with Crippen LogP contribution in [-0.4, -0.2) is 78.6 Å². The van der Waals surface area contributed by atoms with Crippen LogP contribution in [0.15, 0.2) is 82.8 Å². The van der Waals surface area contributed by atoms with E-state index in [-0.39, 0.29) is 30.2 Å². The Morgan fingerprint density at radius 3 is 2.43 bits per heavy atom. The number of fused-ring (bicyclic) bond motifs is 5. The maximum Gasteiger partial charge on any atom is 0.278 e. The molecule has 44 heavy (non-hydrogen) atoms. The van der Waals surface area contributed by atoms with Gasteiger partial charge in [0.15, 0.2) is 0 Å². The van der Waals surface area contributed by atoms with E-state index in [9.17, 15) is 28.2 Å². The van der Waals surface area contributed by atoms with Gasteiger partial charge in [0.25, 0.3) is 21.8 Å². The number of sulfonamides is 1. The van der Waals surface area contributed by atoms with E-state index in [4.69, 9.17) is 10.3 Å². The molecule has 0 aliphatic carbocycles. The predicted molar refractivity (Wildman–Crippen MR) is 158 cm³/mol. The lowest BCUT2D eigenvalue weighted by molar-refractivity contribution is -0.207. The van der Waals surface area contributed by atoms with E-state index in [1.165, 1.54) is 31.3 Å². The molecule has 2 saturated heterocycles. The van der Waals surface area contributed by atoms with Crippen molar-refractivity contribution in [3.63, 3.8) is 0 Å². The molecule has 0 radical (unpaired) electrons. The molecule has 13 nitrogen and oxygen atoms in total. The average Bonchev–Trinajstić information content (AvgIpc) is 3.46. The number of rotatable bonds is 8. The molecule has 6 rings (SSSR count). The first kappa shape index (κ1) is 29.5. The van der Waals surface area contributed by atoms with Crippen LogP contribution >= 0.6 is 0 Å². The third-order valence-electron chi connectivity index (χ3n) is 8.62. The fraction of sp³-hybridized carbons (Fsp3) is 0.333. The smallest absolute Gasteiger partial charge is 0.278 e. The summed E-state index contributed by atoms with van der Waals surface area (Å²) in [6.45, 7) is 2.41. The Morgan fingerprint density at radius 1 is 1.07 bits per heavy atom. The predicted octanol–water partition coefficient (Wildman–Crippen LogP) is 2.61. The van der Waals surface area contributed by atoms with Crippen molar-refractivity contribution < 1.29 is 33.0 Å². The maximum absolute atomic E-state index is 14.6. The van der Waals surface area contributed by atoms with E-state index in [0.29, 0.717) is 23.3 Å². The van der Waals surface area contributed by atoms with Crippen molar-refractivity contribution in [1.29, 1.82) is 0 Å². The maximum atomic E-state index is 14.6. The van der Waals surface area contributed by atoms with Gasteiger partial charge in [0.05, 0.1) is 22.6 Å². The van der Waals surface area contributed by atoms with Crippen molar-refractivity contribution in [2.24, 2.45) is 5.11 Å². The van der Waals surface area contributed by atoms with Crippen LogP contribution in [0.5, 0.6) is 5.75 Å². The van der Waals surface area contributed by atoms with Crippen molar-refractivity contribution in [3.8, 4) is 5.75 Å². The van der Waals surface area contributed by atoms with Crippen molar-refractivity contribution >= 4 is 27.5 Å². The highest BCUT2D eigenvalue weighted by Gasteiger charge is 2.74. The molecular formula is C30H30N6O7S. The van der Waals surface area contributed by atoms with Crippen LogP contribution < -0.4 is 9.04 Å². The summed E-state index contributed by atoms with van der Waals surface area (Å²) in [6, 6.07) is 19.8. The molecule has 4 atom stereocenters. The summed E-state index contributed by atoms with van der Waals surface area (Å²) in [7, 11) is -3.23. The quantitative estimate of drug-likeness (QED) is 0.169. The molecule has 3 aliphatic heterocycles. The van der Waals surface area contributed by atoms with E-state index < -0.39 is 45.4 Å². The number of benzene rings is 3. The molecule has 14 heteroatoms. The number of hydrogen-bond acceptors (Lipinski definition) is 8. The van der Waals surface area contributed by atoms with Gasteiger partial charge >= 0.3 is 0 Å². The molecule has 2 N–H and O–H groups in total. The third kappa shape index (κ3) is 4.14. The van der Waals surface area contributed by atoms with Gasteiger partial charge < -0.3 is 19.8 Å². The monoisotopic (exact) mass is 618 g/mol. The standard InChI is InChI=1S/C30H30N6O7S/c1-19-8-10-20(11-9-19)29-18-30(40)28(39)34(2)25(37)26(38)35(30)27(29)36(24-7-4-3-6-23(24)29)44(41,42)22-14-12-21(13-15-22)43-17-5-16-32-33-31/h3-4,6-15,25,27,37,40H,5,16-18H2,1-2H3/t25-,27+,29+,30-/m1/s1. The van der Waals surface area contributed by atoms with Gasteiger partial charge in [-0.1, -0.05) is 53.1 Å². The van der Waals surface area contributed by atoms with Crippen LogP contribution in [0.3, 0.4) is 0 Å². The van der Waals surface area contributed by atoms with E-state index in [1.807, 2.05) is 19.1 Å². The fourth-order valence-corrected chi connectivity index (χ4v) is 8.24. The molecule has 3 aliphatic rings. The van der Waals surface area contributed by atoms with Crippen molar-refractivity contribution in [3.05, 3.63) is 99.9 Å². The number of carbonyl (C=O) groups excluding carboxylic acids is 2. The number of azide groups is 1. The number of likely N-dealkylation sites (N-methyl/N-ethyl adjacent to an activating group) is 1. The second-order valence-electron chi connectivity index (χ2n) is 11.1. The minimum atomic E-state index is -4.45. The molecule has 3 heterocycles. The topological polar surface area (TPSA) is 176 Å². The van der Waals surface area contributed by atoms with Gasteiger partial charge in [-0.3, -0.25) is 14.5 Å². The number of piperazine rings is 1. The highest BCUT2D eigenvalue weighted by Crippen LogP contribution is 2.62. The van der Waals surface area contributed by atoms with Crippen molar-refractivity contribution in [1.82, 2.24) is 9.80 Å². The summed E-state index contributed by atoms with van der Waals surface area (Å²) in [5, 5.41) is 26.2. The molecule has 2 amide bonds. The SMILES string of the molecule is Cc1ccc([C@]23C[C@@]4(O)C(=O)N(C)[C@H](O)C(=O)N4[C@H]2N(S(=O)(=O)c2ccc(OCCCN=[N+]=[N-])cc2)c2ccccc23)cc1. The lowest BCUT2D eigenvalue weighted by atomic mass is 9.71. The number of ether oxygens (including phenoxy) is 1. The molecule has 228 valence electrons. The zero-order chi connectivity index (χ0) is 31.4. The second-order valence-corrected chi connectivity index (χ2v) is 13.0. The second kappa shape index (κ2) is 10.5. The summed E-state index contributed by atoms with van der Waals surface area (Å²) < 4.78 is 35.9. The van der Waals surface area contributed by atoms with Crippen molar-refractivity contribution in [2.75, 3.05) is 24.5 Å². The first-order valence-corrected chi connectivity index (χ1v) is 15.4. The zero-order valence-electron chi connectivity index (χ0n) is 23.9. The first-order chi connectivity index (χ1) is 21.0. The number of anilines is 1. The van der Waals surface area contributed by atoms with Gasteiger partial charge in [-0.25, -0.2) is 12.7 Å². The Labute approximate surface area is 253 Å². The Hall–Kier alpha value is -4.62. The van der Waals surface area contributed by atoms with Crippen LogP contribution in [0.4, 0.5) is 5.69 Å². The van der Waals surface area contributed by atoms with Crippen LogP contribution in [0, 0.1) is 6.92 Å².